The van der Waals surface area contributed by atoms with E-state index in [0.717, 1.165) is 5.52 Å². The van der Waals surface area contributed by atoms with Crippen LogP contribution in [0.2, 0.25) is 5.02 Å². The number of nitrogen functional groups attached to an aromatic ring is 1. The Kier molecular flexibility index (Phi) is 4.87. The molecule has 4 rings (SSSR count). The number of nitrogens with zero attached hydrogens (tertiary/aromatic N) is 1. The fraction of sp³-hybridized carbons (Fsp3) is 0.100. The number of benzene rings is 2. The van der Waals surface area contributed by atoms with Crippen molar-refractivity contribution in [2.24, 2.45) is 0 Å². The predicted molar refractivity (Wildman–Crippen MR) is 109 cm³/mol. The molecule has 2 heterocycles. The summed E-state index contributed by atoms with van der Waals surface area (Å²) in [5.74, 6) is 0.862. The van der Waals surface area contributed by atoms with Crippen LogP contribution in [-0.2, 0) is 11.3 Å². The van der Waals surface area contributed by atoms with Gasteiger partial charge in [0, 0.05) is 23.6 Å². The van der Waals surface area contributed by atoms with Crippen LogP contribution in [0.3, 0.4) is 0 Å². The number of hydrogen-bond acceptors (Lipinski definition) is 6. The second-order valence-corrected chi connectivity index (χ2v) is 6.66. The molecule has 0 bridgehead atoms. The highest BCUT2D eigenvalue weighted by molar-refractivity contribution is 6.30. The first-order valence-corrected chi connectivity index (χ1v) is 8.90. The van der Waals surface area contributed by atoms with Gasteiger partial charge in [-0.25, -0.2) is 9.78 Å². The van der Waals surface area contributed by atoms with E-state index < -0.39 is 6.16 Å². The lowest BCUT2D eigenvalue weighted by Crippen LogP contribution is -2.07. The van der Waals surface area contributed by atoms with E-state index in [2.05, 4.69) is 9.97 Å². The van der Waals surface area contributed by atoms with Crippen LogP contribution in [0.5, 0.6) is 17.4 Å². The van der Waals surface area contributed by atoms with Gasteiger partial charge < -0.3 is 30.0 Å². The van der Waals surface area contributed by atoms with Crippen LogP contribution < -0.4 is 15.2 Å². The molecule has 8 nitrogen and oxygen atoms in total. The molecule has 0 saturated carbocycles. The zero-order valence-electron chi connectivity index (χ0n) is 15.2. The van der Waals surface area contributed by atoms with Crippen LogP contribution in [0.25, 0.3) is 21.8 Å². The molecule has 0 amide bonds. The first-order valence-electron chi connectivity index (χ1n) is 8.52. The molecule has 0 unspecified atom stereocenters. The van der Waals surface area contributed by atoms with Crippen LogP contribution in [0.15, 0.2) is 42.6 Å². The van der Waals surface area contributed by atoms with E-state index >= 15 is 0 Å². The second kappa shape index (κ2) is 7.50. The Balaban J connectivity index is 1.97. The molecule has 0 saturated heterocycles. The summed E-state index contributed by atoms with van der Waals surface area (Å²) in [5, 5.41) is 10.9. The largest absolute Gasteiger partial charge is 0.512 e. The Morgan fingerprint density at radius 3 is 2.79 bits per heavy atom. The minimum atomic E-state index is -1.46. The van der Waals surface area contributed by atoms with Gasteiger partial charge in [-0.3, -0.25) is 0 Å². The zero-order chi connectivity index (χ0) is 20.5. The molecule has 0 aliphatic heterocycles. The van der Waals surface area contributed by atoms with Crippen molar-refractivity contribution in [3.8, 4) is 17.4 Å². The number of aromatic amines is 1. The Morgan fingerprint density at radius 1 is 1.21 bits per heavy atom. The van der Waals surface area contributed by atoms with Crippen molar-refractivity contribution in [3.05, 3.63) is 53.2 Å². The van der Waals surface area contributed by atoms with Gasteiger partial charge >= 0.3 is 6.16 Å². The summed E-state index contributed by atoms with van der Waals surface area (Å²) in [7, 11) is 1.50. The number of H-pyrrole nitrogens is 1. The third-order valence-electron chi connectivity index (χ3n) is 4.35. The number of rotatable bonds is 5. The van der Waals surface area contributed by atoms with Gasteiger partial charge in [0.25, 0.3) is 0 Å². The summed E-state index contributed by atoms with van der Waals surface area (Å²) in [4.78, 5) is 18.4. The van der Waals surface area contributed by atoms with E-state index in [1.165, 1.54) is 13.3 Å². The quantitative estimate of drug-likeness (QED) is 0.313. The SMILES string of the molecule is COCc1c(OC(=O)O)ncc2[nH]c3cccc(Oc4cc(Cl)ccc4N)c3c12. The van der Waals surface area contributed by atoms with E-state index in [9.17, 15) is 4.79 Å². The van der Waals surface area contributed by atoms with Gasteiger partial charge in [-0.2, -0.15) is 0 Å². The zero-order valence-corrected chi connectivity index (χ0v) is 16.0. The molecule has 0 radical (unpaired) electrons. The molecular weight excluding hydrogens is 398 g/mol. The Bertz CT molecular complexity index is 1240. The summed E-state index contributed by atoms with van der Waals surface area (Å²) < 4.78 is 16.2. The molecule has 0 aliphatic carbocycles. The maximum atomic E-state index is 11.1. The molecule has 29 heavy (non-hydrogen) atoms. The minimum Gasteiger partial charge on any atom is -0.454 e. The standard InChI is InChI=1S/C20H16ClN3O5/c1-27-9-11-17-14(8-23-19(11)29-20(25)26)24-13-3-2-4-15(18(13)17)28-16-7-10(21)5-6-12(16)22/h2-8,24H,9,22H2,1H3,(H,25,26). The fourth-order valence-corrected chi connectivity index (χ4v) is 3.36. The molecular formula is C20H16ClN3O5. The number of carboxylic acid groups (broad SMARTS) is 1. The van der Waals surface area contributed by atoms with Crippen molar-refractivity contribution in [2.75, 3.05) is 12.8 Å². The normalized spacial score (nSPS) is 11.1. The summed E-state index contributed by atoms with van der Waals surface area (Å²) in [6.07, 6.45) is 0.0434. The van der Waals surface area contributed by atoms with Crippen molar-refractivity contribution in [2.45, 2.75) is 6.61 Å². The number of methoxy groups -OCH3 is 1. The van der Waals surface area contributed by atoms with E-state index in [1.807, 2.05) is 12.1 Å². The molecule has 0 spiro atoms. The van der Waals surface area contributed by atoms with Crippen molar-refractivity contribution in [1.82, 2.24) is 9.97 Å². The summed E-state index contributed by atoms with van der Waals surface area (Å²) in [6.45, 7) is 0.0908. The first-order chi connectivity index (χ1) is 14.0. The minimum absolute atomic E-state index is 0.0511. The van der Waals surface area contributed by atoms with Gasteiger partial charge in [0.2, 0.25) is 5.88 Å². The van der Waals surface area contributed by atoms with Gasteiger partial charge in [0.15, 0.2) is 5.75 Å². The number of halogens is 1. The lowest BCUT2D eigenvalue weighted by molar-refractivity contribution is 0.139. The average molecular weight is 414 g/mol. The fourth-order valence-electron chi connectivity index (χ4n) is 3.20. The molecule has 0 fully saturated rings. The number of aromatic nitrogens is 2. The van der Waals surface area contributed by atoms with Crippen molar-refractivity contribution < 1.29 is 24.1 Å². The van der Waals surface area contributed by atoms with Gasteiger partial charge in [-0.15, -0.1) is 0 Å². The predicted octanol–water partition coefficient (Wildman–Crippen LogP) is 4.95. The molecule has 4 aromatic rings. The number of anilines is 1. The highest BCUT2D eigenvalue weighted by Gasteiger charge is 2.20. The Morgan fingerprint density at radius 2 is 2.03 bits per heavy atom. The van der Waals surface area contributed by atoms with Crippen LogP contribution in [0, 0.1) is 0 Å². The molecule has 148 valence electrons. The highest BCUT2D eigenvalue weighted by Crippen LogP contribution is 2.40. The molecule has 0 atom stereocenters. The van der Waals surface area contributed by atoms with Crippen LogP contribution in [0.4, 0.5) is 10.5 Å². The summed E-state index contributed by atoms with van der Waals surface area (Å²) >= 11 is 6.07. The number of nitrogens with one attached hydrogen (secondary N) is 1. The number of nitrogens with two attached hydrogens (primary N) is 1. The second-order valence-electron chi connectivity index (χ2n) is 6.22. The van der Waals surface area contributed by atoms with Gasteiger partial charge in [0.05, 0.1) is 40.5 Å². The summed E-state index contributed by atoms with van der Waals surface area (Å²) in [5.41, 5.74) is 8.38. The molecule has 2 aromatic heterocycles. The maximum absolute atomic E-state index is 11.1. The smallest absolute Gasteiger partial charge is 0.454 e. The number of fused-ring (bicyclic) bond motifs is 3. The van der Waals surface area contributed by atoms with Crippen molar-refractivity contribution in [3.63, 3.8) is 0 Å². The van der Waals surface area contributed by atoms with E-state index in [4.69, 9.17) is 36.7 Å². The molecule has 4 N–H and O–H groups in total. The molecule has 2 aromatic carbocycles. The van der Waals surface area contributed by atoms with Crippen LogP contribution in [0.1, 0.15) is 5.56 Å². The monoisotopic (exact) mass is 413 g/mol. The molecule has 9 heteroatoms. The van der Waals surface area contributed by atoms with E-state index in [-0.39, 0.29) is 12.5 Å². The third-order valence-corrected chi connectivity index (χ3v) is 4.59. The first kappa shape index (κ1) is 18.9. The van der Waals surface area contributed by atoms with Gasteiger partial charge in [-0.05, 0) is 24.3 Å². The number of pyridine rings is 1. The topological polar surface area (TPSA) is 120 Å². The van der Waals surface area contributed by atoms with Gasteiger partial charge in [0.1, 0.15) is 5.75 Å². The lowest BCUT2D eigenvalue weighted by Gasteiger charge is -2.12. The summed E-state index contributed by atoms with van der Waals surface area (Å²) in [6, 6.07) is 10.4. The molecule has 0 aliphatic rings. The Labute approximate surface area is 169 Å². The van der Waals surface area contributed by atoms with Crippen LogP contribution in [-0.4, -0.2) is 28.3 Å². The maximum Gasteiger partial charge on any atom is 0.512 e. The van der Waals surface area contributed by atoms with Crippen molar-refractivity contribution >= 4 is 45.2 Å². The third kappa shape index (κ3) is 3.51. The number of carbonyl (C=O) groups is 1. The number of hydrogen-bond donors (Lipinski definition) is 3. The van der Waals surface area contributed by atoms with Gasteiger partial charge in [-0.1, -0.05) is 17.7 Å². The van der Waals surface area contributed by atoms with Crippen LogP contribution >= 0.6 is 11.6 Å². The average Bonchev–Trinajstić information content (AvgIpc) is 3.06. The number of ether oxygens (including phenoxy) is 3. The van der Waals surface area contributed by atoms with E-state index in [1.54, 1.807) is 24.3 Å². The van der Waals surface area contributed by atoms with Crippen molar-refractivity contribution in [1.29, 1.82) is 0 Å². The lowest BCUT2D eigenvalue weighted by atomic mass is 10.1. The highest BCUT2D eigenvalue weighted by atomic mass is 35.5. The van der Waals surface area contributed by atoms with E-state index in [0.29, 0.717) is 44.1 Å². The Hall–Kier alpha value is -3.49.